The minimum Gasteiger partial charge on any atom is -0.367 e. The van der Waals surface area contributed by atoms with Crippen LogP contribution in [0, 0.1) is 0 Å². The molecule has 0 radical (unpaired) electrons. The van der Waals surface area contributed by atoms with Crippen LogP contribution in [0.3, 0.4) is 0 Å². The highest BCUT2D eigenvalue weighted by Gasteiger charge is 2.52. The summed E-state index contributed by atoms with van der Waals surface area (Å²) in [6, 6.07) is 15.0. The molecule has 1 aliphatic heterocycles. The molecule has 1 unspecified atom stereocenters. The molecule has 8 heteroatoms. The van der Waals surface area contributed by atoms with E-state index in [9.17, 15) is 9.59 Å². The maximum Gasteiger partial charge on any atom is 0.272 e. The van der Waals surface area contributed by atoms with Crippen LogP contribution in [0.15, 0.2) is 53.5 Å². The van der Waals surface area contributed by atoms with Gasteiger partial charge in [-0.1, -0.05) is 43.7 Å². The number of imidazole rings is 1. The molecule has 2 amide bonds. The van der Waals surface area contributed by atoms with E-state index in [1.165, 1.54) is 0 Å². The molecular formula is C22H24N6O2. The molecule has 2 heterocycles. The molecule has 0 fully saturated rings. The number of fused-ring (bicyclic) bond motifs is 1. The number of aryl methyl sites for hydroxylation is 1. The summed E-state index contributed by atoms with van der Waals surface area (Å²) in [4.78, 5) is 37.7. The number of carbonyl (C=O) groups is 2. The maximum absolute atomic E-state index is 13.2. The number of rotatable bonds is 7. The second-order valence-electron chi connectivity index (χ2n) is 7.27. The first-order valence-corrected chi connectivity index (χ1v) is 10.0. The summed E-state index contributed by atoms with van der Waals surface area (Å²) in [7, 11) is 0. The number of benzene rings is 2. The Kier molecular flexibility index (Phi) is 5.33. The zero-order chi connectivity index (χ0) is 21.1. The van der Waals surface area contributed by atoms with Gasteiger partial charge in [0.15, 0.2) is 0 Å². The molecule has 0 bridgehead atoms. The lowest BCUT2D eigenvalue weighted by molar-refractivity contribution is -0.123. The fourth-order valence-corrected chi connectivity index (χ4v) is 3.74. The molecule has 3 aromatic rings. The number of aromatic amines is 1. The Labute approximate surface area is 174 Å². The minimum absolute atomic E-state index is 0.000601. The van der Waals surface area contributed by atoms with E-state index in [-0.39, 0.29) is 18.2 Å². The number of anilines is 1. The molecule has 0 saturated carbocycles. The van der Waals surface area contributed by atoms with Crippen LogP contribution in [-0.4, -0.2) is 34.2 Å². The first kappa shape index (κ1) is 19.8. The van der Waals surface area contributed by atoms with Crippen molar-refractivity contribution < 1.29 is 9.59 Å². The van der Waals surface area contributed by atoms with Crippen molar-refractivity contribution >= 4 is 34.2 Å². The predicted molar refractivity (Wildman–Crippen MR) is 116 cm³/mol. The van der Waals surface area contributed by atoms with Crippen molar-refractivity contribution in [2.45, 2.75) is 31.7 Å². The van der Waals surface area contributed by atoms with Gasteiger partial charge in [0.2, 0.25) is 5.54 Å². The molecule has 1 aliphatic rings. The third-order valence-electron chi connectivity index (χ3n) is 5.33. The smallest absolute Gasteiger partial charge is 0.272 e. The average molecular weight is 404 g/mol. The maximum atomic E-state index is 13.2. The van der Waals surface area contributed by atoms with Gasteiger partial charge in [0.25, 0.3) is 11.8 Å². The zero-order valence-corrected chi connectivity index (χ0v) is 16.7. The Bertz CT molecular complexity index is 1100. The number of aromatic nitrogens is 2. The van der Waals surface area contributed by atoms with E-state index in [1.54, 1.807) is 0 Å². The van der Waals surface area contributed by atoms with Gasteiger partial charge in [0, 0.05) is 5.69 Å². The topological polar surface area (TPSA) is 125 Å². The van der Waals surface area contributed by atoms with Gasteiger partial charge in [-0.05, 0) is 36.6 Å². The van der Waals surface area contributed by atoms with Gasteiger partial charge in [-0.15, -0.1) is 0 Å². The SMILES string of the molecule is CCCCc1ccccc1NC(=O)C1=NCNC1(C(N)=O)c1nc2ccccc2[nH]1. The van der Waals surface area contributed by atoms with Crippen molar-refractivity contribution in [2.24, 2.45) is 10.7 Å². The highest BCUT2D eigenvalue weighted by molar-refractivity contribution is 6.50. The van der Waals surface area contributed by atoms with Crippen LogP contribution < -0.4 is 16.4 Å². The van der Waals surface area contributed by atoms with Gasteiger partial charge < -0.3 is 16.0 Å². The molecule has 8 nitrogen and oxygen atoms in total. The summed E-state index contributed by atoms with van der Waals surface area (Å²) >= 11 is 0. The van der Waals surface area contributed by atoms with Gasteiger partial charge in [-0.3, -0.25) is 19.9 Å². The fraction of sp³-hybridized carbons (Fsp3) is 0.273. The first-order valence-electron chi connectivity index (χ1n) is 10.0. The molecule has 1 atom stereocenters. The number of para-hydroxylation sites is 3. The molecule has 30 heavy (non-hydrogen) atoms. The van der Waals surface area contributed by atoms with Crippen molar-refractivity contribution in [3.63, 3.8) is 0 Å². The highest BCUT2D eigenvalue weighted by Crippen LogP contribution is 2.28. The fourth-order valence-electron chi connectivity index (χ4n) is 3.74. The van der Waals surface area contributed by atoms with Gasteiger partial charge in [-0.25, -0.2) is 4.98 Å². The number of carbonyl (C=O) groups excluding carboxylic acids is 2. The number of nitrogens with two attached hydrogens (primary N) is 1. The largest absolute Gasteiger partial charge is 0.367 e. The standard InChI is InChI=1S/C22H24N6O2/c1-2-3-8-14-9-4-5-10-15(14)26-19(29)18-22(20(23)30,25-13-24-18)21-27-16-11-6-7-12-17(16)28-21/h4-7,9-12,25H,2-3,8,13H2,1H3,(H2,23,30)(H,26,29)(H,27,28). The Morgan fingerprint density at radius 3 is 2.70 bits per heavy atom. The number of amides is 2. The van der Waals surface area contributed by atoms with Crippen molar-refractivity contribution in [1.82, 2.24) is 15.3 Å². The van der Waals surface area contributed by atoms with Crippen LogP contribution in [0.4, 0.5) is 5.69 Å². The first-order chi connectivity index (χ1) is 14.6. The van der Waals surface area contributed by atoms with E-state index >= 15 is 0 Å². The zero-order valence-electron chi connectivity index (χ0n) is 16.7. The van der Waals surface area contributed by atoms with Crippen molar-refractivity contribution in [3.05, 3.63) is 59.9 Å². The summed E-state index contributed by atoms with van der Waals surface area (Å²) in [5.74, 6) is -0.975. The lowest BCUT2D eigenvalue weighted by Gasteiger charge is -2.25. The molecule has 4 rings (SSSR count). The van der Waals surface area contributed by atoms with E-state index in [1.807, 2.05) is 48.5 Å². The van der Waals surface area contributed by atoms with Crippen LogP contribution in [0.1, 0.15) is 31.2 Å². The second-order valence-corrected chi connectivity index (χ2v) is 7.27. The third kappa shape index (κ3) is 3.35. The number of nitrogens with one attached hydrogen (secondary N) is 3. The molecule has 0 aliphatic carbocycles. The highest BCUT2D eigenvalue weighted by atomic mass is 16.2. The van der Waals surface area contributed by atoms with Gasteiger partial charge in [0.1, 0.15) is 11.5 Å². The van der Waals surface area contributed by atoms with E-state index in [2.05, 4.69) is 32.5 Å². The lowest BCUT2D eigenvalue weighted by Crippen LogP contribution is -2.58. The van der Waals surface area contributed by atoms with Crippen LogP contribution >= 0.6 is 0 Å². The Morgan fingerprint density at radius 2 is 1.93 bits per heavy atom. The normalized spacial score (nSPS) is 18.4. The molecule has 0 saturated heterocycles. The monoisotopic (exact) mass is 404 g/mol. The van der Waals surface area contributed by atoms with Crippen molar-refractivity contribution in [3.8, 4) is 0 Å². The summed E-state index contributed by atoms with van der Waals surface area (Å²) in [6.07, 6.45) is 2.91. The minimum atomic E-state index is -1.62. The van der Waals surface area contributed by atoms with Crippen LogP contribution in [-0.2, 0) is 21.5 Å². The van der Waals surface area contributed by atoms with E-state index < -0.39 is 17.4 Å². The van der Waals surface area contributed by atoms with Gasteiger partial charge in [-0.2, -0.15) is 0 Å². The molecule has 1 aromatic heterocycles. The van der Waals surface area contributed by atoms with Crippen LogP contribution in [0.25, 0.3) is 11.0 Å². The van der Waals surface area contributed by atoms with E-state index in [0.717, 1.165) is 30.3 Å². The number of aliphatic imine (C=N–C) groups is 1. The second kappa shape index (κ2) is 8.08. The summed E-state index contributed by atoms with van der Waals surface area (Å²) in [5.41, 5.74) is 7.31. The van der Waals surface area contributed by atoms with E-state index in [0.29, 0.717) is 11.2 Å². The van der Waals surface area contributed by atoms with Crippen molar-refractivity contribution in [1.29, 1.82) is 0 Å². The summed E-state index contributed by atoms with van der Waals surface area (Å²) in [6.45, 7) is 2.20. The molecule has 154 valence electrons. The summed E-state index contributed by atoms with van der Waals surface area (Å²) < 4.78 is 0. The average Bonchev–Trinajstić information content (AvgIpc) is 3.38. The number of H-pyrrole nitrogens is 1. The third-order valence-corrected chi connectivity index (χ3v) is 5.33. The Balaban J connectivity index is 1.69. The number of unbranched alkanes of at least 4 members (excludes halogenated alkanes) is 1. The van der Waals surface area contributed by atoms with Crippen molar-refractivity contribution in [2.75, 3.05) is 12.0 Å². The Morgan fingerprint density at radius 1 is 1.17 bits per heavy atom. The van der Waals surface area contributed by atoms with E-state index in [4.69, 9.17) is 5.73 Å². The van der Waals surface area contributed by atoms with Crippen LogP contribution in [0.5, 0.6) is 0 Å². The number of primary amides is 1. The number of hydrogen-bond acceptors (Lipinski definition) is 5. The summed E-state index contributed by atoms with van der Waals surface area (Å²) in [5, 5.41) is 5.90. The molecule has 2 aromatic carbocycles. The predicted octanol–water partition coefficient (Wildman–Crippen LogP) is 2.23. The molecular weight excluding hydrogens is 380 g/mol. The van der Waals surface area contributed by atoms with Gasteiger partial charge in [0.05, 0.1) is 17.7 Å². The Hall–Kier alpha value is -3.52. The molecule has 5 N–H and O–H groups in total. The molecule has 0 spiro atoms. The lowest BCUT2D eigenvalue weighted by atomic mass is 9.91. The quantitative estimate of drug-likeness (QED) is 0.482. The number of nitrogens with zero attached hydrogens (tertiary/aromatic N) is 2. The van der Waals surface area contributed by atoms with Gasteiger partial charge >= 0.3 is 0 Å². The van der Waals surface area contributed by atoms with Crippen LogP contribution in [0.2, 0.25) is 0 Å². The number of hydrogen-bond donors (Lipinski definition) is 4.